The van der Waals surface area contributed by atoms with Crippen LogP contribution in [-0.4, -0.2) is 22.6 Å². The number of carbonyl (C=O) groups excluding carboxylic acids is 1. The number of amides is 2. The molecule has 118 valence electrons. The van der Waals surface area contributed by atoms with Crippen molar-refractivity contribution >= 4 is 11.7 Å². The Kier molecular flexibility index (Phi) is 4.61. The predicted octanol–water partition coefficient (Wildman–Crippen LogP) is 2.71. The molecule has 1 aliphatic rings. The zero-order valence-corrected chi connectivity index (χ0v) is 12.2. The molecular weight excluding hydrogens is 298 g/mol. The number of anilines is 1. The van der Waals surface area contributed by atoms with E-state index >= 15 is 0 Å². The largest absolute Gasteiger partial charge is 0.506 e. The van der Waals surface area contributed by atoms with Crippen LogP contribution in [0, 0.1) is 10.1 Å². The standard InChI is InChI=1S/C16H15N3O4/c1-3-12(10-11(2)19(22)23)13-8-9-18(16(21)17-13)14-6-4-5-7-15(14)20/h3-8,10,20H,1-2,9H2,(H,17,21)/b12-10+. The van der Waals surface area contributed by atoms with Crippen LogP contribution < -0.4 is 10.2 Å². The van der Waals surface area contributed by atoms with Crippen LogP contribution in [0.2, 0.25) is 0 Å². The summed E-state index contributed by atoms with van der Waals surface area (Å²) in [5.74, 6) is -0.0132. The van der Waals surface area contributed by atoms with E-state index < -0.39 is 11.0 Å². The lowest BCUT2D eigenvalue weighted by molar-refractivity contribution is -0.418. The number of aromatic hydroxyl groups is 1. The lowest BCUT2D eigenvalue weighted by atomic mass is 10.1. The number of carbonyl (C=O) groups is 1. The first-order valence-corrected chi connectivity index (χ1v) is 6.68. The van der Waals surface area contributed by atoms with Gasteiger partial charge >= 0.3 is 6.03 Å². The number of nitrogens with one attached hydrogen (secondary N) is 1. The van der Waals surface area contributed by atoms with Gasteiger partial charge < -0.3 is 10.4 Å². The molecule has 1 aromatic carbocycles. The topological polar surface area (TPSA) is 95.7 Å². The van der Waals surface area contributed by atoms with E-state index in [1.807, 2.05) is 0 Å². The third kappa shape index (κ3) is 3.46. The van der Waals surface area contributed by atoms with Gasteiger partial charge in [0.15, 0.2) is 0 Å². The number of allylic oxidation sites excluding steroid dienone is 2. The second-order valence-corrected chi connectivity index (χ2v) is 4.70. The van der Waals surface area contributed by atoms with Gasteiger partial charge in [-0.2, -0.15) is 0 Å². The summed E-state index contributed by atoms with van der Waals surface area (Å²) in [5.41, 5.74) is 0.856. The molecule has 0 unspecified atom stereocenters. The van der Waals surface area contributed by atoms with Crippen LogP contribution in [0.25, 0.3) is 0 Å². The van der Waals surface area contributed by atoms with Crippen molar-refractivity contribution in [3.63, 3.8) is 0 Å². The van der Waals surface area contributed by atoms with E-state index in [0.717, 1.165) is 0 Å². The van der Waals surface area contributed by atoms with Crippen LogP contribution in [-0.2, 0) is 0 Å². The number of nitrogens with zero attached hydrogens (tertiary/aromatic N) is 2. The Morgan fingerprint density at radius 1 is 1.43 bits per heavy atom. The molecule has 2 N–H and O–H groups in total. The van der Waals surface area contributed by atoms with Gasteiger partial charge in [0.25, 0.3) is 5.70 Å². The van der Waals surface area contributed by atoms with Crippen molar-refractivity contribution in [2.75, 3.05) is 11.4 Å². The average molecular weight is 313 g/mol. The maximum Gasteiger partial charge on any atom is 0.326 e. The number of para-hydroxylation sites is 2. The summed E-state index contributed by atoms with van der Waals surface area (Å²) in [5, 5.41) is 23.1. The Balaban J connectivity index is 2.28. The van der Waals surface area contributed by atoms with Crippen LogP contribution in [0.1, 0.15) is 0 Å². The molecule has 1 heterocycles. The van der Waals surface area contributed by atoms with E-state index in [1.54, 1.807) is 24.3 Å². The van der Waals surface area contributed by atoms with E-state index in [4.69, 9.17) is 0 Å². The predicted molar refractivity (Wildman–Crippen MR) is 86.5 cm³/mol. The van der Waals surface area contributed by atoms with Gasteiger partial charge in [-0.15, -0.1) is 0 Å². The Morgan fingerprint density at radius 2 is 2.13 bits per heavy atom. The van der Waals surface area contributed by atoms with E-state index in [9.17, 15) is 20.0 Å². The molecule has 0 saturated carbocycles. The van der Waals surface area contributed by atoms with Gasteiger partial charge in [0, 0.05) is 23.9 Å². The molecule has 2 amide bonds. The average Bonchev–Trinajstić information content (AvgIpc) is 2.53. The van der Waals surface area contributed by atoms with Gasteiger partial charge in [-0.1, -0.05) is 24.8 Å². The first-order valence-electron chi connectivity index (χ1n) is 6.68. The maximum absolute atomic E-state index is 12.2. The van der Waals surface area contributed by atoms with Crippen molar-refractivity contribution in [1.82, 2.24) is 5.32 Å². The number of hydrogen-bond donors (Lipinski definition) is 2. The fourth-order valence-electron chi connectivity index (χ4n) is 2.07. The molecule has 7 nitrogen and oxygen atoms in total. The summed E-state index contributed by atoms with van der Waals surface area (Å²) in [6.45, 7) is 7.11. The van der Waals surface area contributed by atoms with E-state index in [1.165, 1.54) is 23.1 Å². The molecule has 0 aliphatic carbocycles. The Bertz CT molecular complexity index is 749. The molecular formula is C16H15N3O4. The number of hydrogen-bond acceptors (Lipinski definition) is 4. The van der Waals surface area contributed by atoms with Gasteiger partial charge in [-0.25, -0.2) is 4.79 Å². The number of phenols is 1. The van der Waals surface area contributed by atoms with Crippen LogP contribution in [0.15, 0.2) is 72.6 Å². The molecule has 0 aromatic heterocycles. The van der Waals surface area contributed by atoms with E-state index in [0.29, 0.717) is 17.0 Å². The molecule has 23 heavy (non-hydrogen) atoms. The molecule has 0 saturated heterocycles. The molecule has 0 radical (unpaired) electrons. The van der Waals surface area contributed by atoms with Crippen LogP contribution in [0.3, 0.4) is 0 Å². The van der Waals surface area contributed by atoms with Crippen molar-refractivity contribution < 1.29 is 14.8 Å². The zero-order chi connectivity index (χ0) is 17.0. The van der Waals surface area contributed by atoms with Crippen LogP contribution in [0.4, 0.5) is 10.5 Å². The highest BCUT2D eigenvalue weighted by Crippen LogP contribution is 2.28. The minimum Gasteiger partial charge on any atom is -0.506 e. The third-order valence-electron chi connectivity index (χ3n) is 3.22. The highest BCUT2D eigenvalue weighted by molar-refractivity contribution is 5.96. The quantitative estimate of drug-likeness (QED) is 0.496. The third-order valence-corrected chi connectivity index (χ3v) is 3.22. The molecule has 7 heteroatoms. The number of rotatable bonds is 5. The second-order valence-electron chi connectivity index (χ2n) is 4.70. The van der Waals surface area contributed by atoms with Crippen molar-refractivity contribution in [3.8, 4) is 5.75 Å². The van der Waals surface area contributed by atoms with Gasteiger partial charge in [0.2, 0.25) is 0 Å². The number of benzene rings is 1. The number of nitro groups is 1. The molecule has 1 aliphatic heterocycles. The second kappa shape index (κ2) is 6.61. The fraction of sp³-hybridized carbons (Fsp3) is 0.0625. The van der Waals surface area contributed by atoms with Gasteiger partial charge in [0.1, 0.15) is 5.75 Å². The molecule has 0 bridgehead atoms. The number of phenolic OH excluding ortho intramolecular Hbond substituents is 1. The summed E-state index contributed by atoms with van der Waals surface area (Å²) in [4.78, 5) is 23.6. The van der Waals surface area contributed by atoms with E-state index in [-0.39, 0.29) is 18.0 Å². The van der Waals surface area contributed by atoms with Crippen molar-refractivity contribution in [2.24, 2.45) is 0 Å². The van der Waals surface area contributed by atoms with Crippen LogP contribution in [0.5, 0.6) is 5.75 Å². The lowest BCUT2D eigenvalue weighted by Crippen LogP contribution is -2.44. The first kappa shape index (κ1) is 16.0. The summed E-state index contributed by atoms with van der Waals surface area (Å²) < 4.78 is 0. The highest BCUT2D eigenvalue weighted by atomic mass is 16.6. The summed E-state index contributed by atoms with van der Waals surface area (Å²) in [7, 11) is 0. The monoisotopic (exact) mass is 313 g/mol. The van der Waals surface area contributed by atoms with Gasteiger partial charge in [-0.3, -0.25) is 15.0 Å². The Labute approximate surface area is 132 Å². The summed E-state index contributed by atoms with van der Waals surface area (Å²) in [6.07, 6.45) is 4.31. The lowest BCUT2D eigenvalue weighted by Gasteiger charge is -2.28. The van der Waals surface area contributed by atoms with E-state index in [2.05, 4.69) is 18.5 Å². The molecule has 2 rings (SSSR count). The van der Waals surface area contributed by atoms with Crippen LogP contribution >= 0.6 is 0 Å². The highest BCUT2D eigenvalue weighted by Gasteiger charge is 2.23. The van der Waals surface area contributed by atoms with Crippen molar-refractivity contribution in [3.05, 3.63) is 82.7 Å². The summed E-state index contributed by atoms with van der Waals surface area (Å²) in [6, 6.07) is 6.01. The summed E-state index contributed by atoms with van der Waals surface area (Å²) >= 11 is 0. The zero-order valence-electron chi connectivity index (χ0n) is 12.2. The minimum absolute atomic E-state index is 0.0132. The molecule has 0 fully saturated rings. The van der Waals surface area contributed by atoms with Crippen molar-refractivity contribution in [1.29, 1.82) is 0 Å². The molecule has 0 spiro atoms. The smallest absolute Gasteiger partial charge is 0.326 e. The van der Waals surface area contributed by atoms with Crippen molar-refractivity contribution in [2.45, 2.75) is 0 Å². The molecule has 0 atom stereocenters. The number of urea groups is 1. The Hall–Kier alpha value is -3.35. The SMILES string of the molecule is C=C/C(=C\C(=C)[N+](=O)[O-])C1=CCN(c2ccccc2O)C(=O)N1. The molecule has 1 aromatic rings. The fourth-order valence-corrected chi connectivity index (χ4v) is 2.07. The Morgan fingerprint density at radius 3 is 2.70 bits per heavy atom. The maximum atomic E-state index is 12.2. The van der Waals surface area contributed by atoms with Gasteiger partial charge in [0.05, 0.1) is 10.6 Å². The first-order chi connectivity index (χ1) is 10.9. The van der Waals surface area contributed by atoms with Gasteiger partial charge in [-0.05, 0) is 24.8 Å². The normalized spacial score (nSPS) is 14.8. The minimum atomic E-state index is -0.622.